The highest BCUT2D eigenvalue weighted by Crippen LogP contribution is 2.36. The van der Waals surface area contributed by atoms with Crippen LogP contribution in [-0.2, 0) is 15.1 Å². The molecule has 2 saturated heterocycles. The van der Waals surface area contributed by atoms with Crippen molar-refractivity contribution in [3.63, 3.8) is 0 Å². The quantitative estimate of drug-likeness (QED) is 0.901. The van der Waals surface area contributed by atoms with E-state index in [1.807, 2.05) is 6.92 Å². The predicted molar refractivity (Wildman–Crippen MR) is 84.2 cm³/mol. The SMILES string of the molecule is CC1OCCCC1C(=O)N1CCC(O)(c2c(F)cccc2F)CC1. The molecule has 2 fully saturated rings. The van der Waals surface area contributed by atoms with E-state index in [-0.39, 0.29) is 49.4 Å². The fraction of sp³-hybridized carbons (Fsp3) is 0.611. The number of amides is 1. The number of likely N-dealkylation sites (tertiary alicyclic amines) is 1. The number of nitrogens with zero attached hydrogens (tertiary/aromatic N) is 1. The van der Waals surface area contributed by atoms with Crippen molar-refractivity contribution in [2.45, 2.75) is 44.3 Å². The molecule has 2 heterocycles. The Labute approximate surface area is 140 Å². The molecule has 6 heteroatoms. The van der Waals surface area contributed by atoms with Crippen molar-refractivity contribution in [1.29, 1.82) is 0 Å². The van der Waals surface area contributed by atoms with Crippen molar-refractivity contribution in [3.05, 3.63) is 35.4 Å². The Hall–Kier alpha value is -1.53. The number of carbonyl (C=O) groups excluding carboxylic acids is 1. The van der Waals surface area contributed by atoms with Gasteiger partial charge in [-0.05, 0) is 44.7 Å². The molecule has 0 radical (unpaired) electrons. The average molecular weight is 339 g/mol. The minimum absolute atomic E-state index is 0.0123. The monoisotopic (exact) mass is 339 g/mol. The van der Waals surface area contributed by atoms with Crippen LogP contribution < -0.4 is 0 Å². The van der Waals surface area contributed by atoms with E-state index in [0.29, 0.717) is 6.61 Å². The van der Waals surface area contributed by atoms with Gasteiger partial charge in [-0.1, -0.05) is 6.07 Å². The molecule has 0 aromatic heterocycles. The number of benzene rings is 1. The molecular weight excluding hydrogens is 316 g/mol. The molecule has 0 saturated carbocycles. The summed E-state index contributed by atoms with van der Waals surface area (Å²) in [6.07, 6.45) is 1.79. The highest BCUT2D eigenvalue weighted by Gasteiger charge is 2.41. The molecule has 1 aromatic rings. The lowest BCUT2D eigenvalue weighted by Crippen LogP contribution is -2.50. The zero-order valence-electron chi connectivity index (χ0n) is 13.8. The van der Waals surface area contributed by atoms with E-state index >= 15 is 0 Å². The second-order valence-electron chi connectivity index (χ2n) is 6.78. The molecule has 0 aliphatic carbocycles. The van der Waals surface area contributed by atoms with Crippen LogP contribution in [0.15, 0.2) is 18.2 Å². The molecule has 4 nitrogen and oxygen atoms in total. The number of carbonyl (C=O) groups is 1. The van der Waals surface area contributed by atoms with Gasteiger partial charge in [0.05, 0.1) is 23.2 Å². The zero-order valence-corrected chi connectivity index (χ0v) is 13.8. The summed E-state index contributed by atoms with van der Waals surface area (Å²) in [6, 6.07) is 3.57. The van der Waals surface area contributed by atoms with Gasteiger partial charge < -0.3 is 14.7 Å². The second-order valence-corrected chi connectivity index (χ2v) is 6.78. The Morgan fingerprint density at radius 1 is 1.29 bits per heavy atom. The molecule has 2 atom stereocenters. The van der Waals surface area contributed by atoms with Gasteiger partial charge in [0.1, 0.15) is 11.6 Å². The number of halogens is 2. The van der Waals surface area contributed by atoms with Crippen molar-refractivity contribution in [2.75, 3.05) is 19.7 Å². The minimum atomic E-state index is -1.57. The normalized spacial score (nSPS) is 27.1. The highest BCUT2D eigenvalue weighted by atomic mass is 19.1. The summed E-state index contributed by atoms with van der Waals surface area (Å²) in [5.74, 6) is -1.65. The van der Waals surface area contributed by atoms with Gasteiger partial charge in [-0.25, -0.2) is 8.78 Å². The minimum Gasteiger partial charge on any atom is -0.385 e. The summed E-state index contributed by atoms with van der Waals surface area (Å²) in [5, 5.41) is 10.7. The number of hydrogen-bond acceptors (Lipinski definition) is 3. The molecule has 0 bridgehead atoms. The Bertz CT molecular complexity index is 594. The van der Waals surface area contributed by atoms with E-state index in [1.54, 1.807) is 4.90 Å². The highest BCUT2D eigenvalue weighted by molar-refractivity contribution is 5.79. The van der Waals surface area contributed by atoms with Crippen molar-refractivity contribution < 1.29 is 23.4 Å². The standard InChI is InChI=1S/C18H23F2NO3/c1-12-13(4-3-11-24-12)17(22)21-9-7-18(23,8-10-21)16-14(19)5-2-6-15(16)20/h2,5-6,12-13,23H,3-4,7-11H2,1H3. The number of hydrogen-bond donors (Lipinski definition) is 1. The third-order valence-electron chi connectivity index (χ3n) is 5.25. The first kappa shape index (κ1) is 17.3. The van der Waals surface area contributed by atoms with E-state index in [2.05, 4.69) is 0 Å². The number of rotatable bonds is 2. The second kappa shape index (κ2) is 6.76. The first-order valence-electron chi connectivity index (χ1n) is 8.49. The molecule has 1 N–H and O–H groups in total. The van der Waals surface area contributed by atoms with Gasteiger partial charge in [-0.15, -0.1) is 0 Å². The zero-order chi connectivity index (χ0) is 17.3. The summed E-state index contributed by atoms with van der Waals surface area (Å²) in [5.41, 5.74) is -1.85. The van der Waals surface area contributed by atoms with Crippen LogP contribution in [0.2, 0.25) is 0 Å². The van der Waals surface area contributed by atoms with Gasteiger partial charge in [0, 0.05) is 19.7 Å². The topological polar surface area (TPSA) is 49.8 Å². The molecule has 0 spiro atoms. The molecule has 132 valence electrons. The molecule has 1 amide bonds. The summed E-state index contributed by atoms with van der Waals surface area (Å²) in [7, 11) is 0. The van der Waals surface area contributed by atoms with Crippen molar-refractivity contribution in [2.24, 2.45) is 5.92 Å². The van der Waals surface area contributed by atoms with Gasteiger partial charge in [0.25, 0.3) is 0 Å². The van der Waals surface area contributed by atoms with E-state index in [1.165, 1.54) is 6.07 Å². The van der Waals surface area contributed by atoms with Crippen LogP contribution in [0.5, 0.6) is 0 Å². The third kappa shape index (κ3) is 3.17. The van der Waals surface area contributed by atoms with Crippen molar-refractivity contribution in [1.82, 2.24) is 4.90 Å². The van der Waals surface area contributed by atoms with Crippen molar-refractivity contribution in [3.8, 4) is 0 Å². The van der Waals surface area contributed by atoms with Crippen LogP contribution in [0.25, 0.3) is 0 Å². The predicted octanol–water partition coefficient (Wildman–Crippen LogP) is 2.59. The lowest BCUT2D eigenvalue weighted by atomic mass is 9.83. The maximum absolute atomic E-state index is 14.0. The van der Waals surface area contributed by atoms with Gasteiger partial charge >= 0.3 is 0 Å². The lowest BCUT2D eigenvalue weighted by molar-refractivity contribution is -0.148. The molecule has 3 rings (SSSR count). The molecule has 1 aromatic carbocycles. The molecule has 2 aliphatic heterocycles. The number of piperidine rings is 1. The molecule has 24 heavy (non-hydrogen) atoms. The van der Waals surface area contributed by atoms with E-state index in [9.17, 15) is 18.7 Å². The smallest absolute Gasteiger partial charge is 0.228 e. The fourth-order valence-electron chi connectivity index (χ4n) is 3.77. The third-order valence-corrected chi connectivity index (χ3v) is 5.25. The summed E-state index contributed by atoms with van der Waals surface area (Å²) < 4.78 is 33.5. The Morgan fingerprint density at radius 3 is 2.50 bits per heavy atom. The fourth-order valence-corrected chi connectivity index (χ4v) is 3.77. The first-order chi connectivity index (χ1) is 11.4. The van der Waals surface area contributed by atoms with Crippen LogP contribution in [0.1, 0.15) is 38.2 Å². The Balaban J connectivity index is 1.70. The Morgan fingerprint density at radius 2 is 1.92 bits per heavy atom. The van der Waals surface area contributed by atoms with E-state index in [0.717, 1.165) is 25.0 Å². The summed E-state index contributed by atoms with van der Waals surface area (Å²) >= 11 is 0. The van der Waals surface area contributed by atoms with E-state index in [4.69, 9.17) is 4.74 Å². The van der Waals surface area contributed by atoms with Crippen LogP contribution in [-0.4, -0.2) is 41.7 Å². The van der Waals surface area contributed by atoms with Crippen LogP contribution >= 0.6 is 0 Å². The van der Waals surface area contributed by atoms with Gasteiger partial charge in [0.2, 0.25) is 5.91 Å². The number of ether oxygens (including phenoxy) is 1. The van der Waals surface area contributed by atoms with Gasteiger partial charge in [-0.2, -0.15) is 0 Å². The van der Waals surface area contributed by atoms with Crippen LogP contribution in [0.4, 0.5) is 8.78 Å². The lowest BCUT2D eigenvalue weighted by Gasteiger charge is -2.41. The summed E-state index contributed by atoms with van der Waals surface area (Å²) in [6.45, 7) is 3.15. The maximum atomic E-state index is 14.0. The van der Waals surface area contributed by atoms with Gasteiger partial charge in [0.15, 0.2) is 0 Å². The molecule has 2 aliphatic rings. The Kier molecular flexibility index (Phi) is 4.88. The van der Waals surface area contributed by atoms with Crippen LogP contribution in [0.3, 0.4) is 0 Å². The summed E-state index contributed by atoms with van der Waals surface area (Å²) in [4.78, 5) is 14.3. The van der Waals surface area contributed by atoms with Gasteiger partial charge in [-0.3, -0.25) is 4.79 Å². The van der Waals surface area contributed by atoms with Crippen molar-refractivity contribution >= 4 is 5.91 Å². The van der Waals surface area contributed by atoms with E-state index < -0.39 is 17.2 Å². The average Bonchev–Trinajstić information content (AvgIpc) is 2.55. The first-order valence-corrected chi connectivity index (χ1v) is 8.49. The van der Waals surface area contributed by atoms with Crippen LogP contribution in [0, 0.1) is 17.6 Å². The maximum Gasteiger partial charge on any atom is 0.228 e. The molecule has 2 unspecified atom stereocenters. The number of aliphatic hydroxyl groups is 1. The largest absolute Gasteiger partial charge is 0.385 e. The molecular formula is C18H23F2NO3.